The third-order valence-corrected chi connectivity index (χ3v) is 7.54. The van der Waals surface area contributed by atoms with E-state index in [-0.39, 0.29) is 28.7 Å². The van der Waals surface area contributed by atoms with E-state index in [1.165, 1.54) is 12.0 Å². The maximum Gasteiger partial charge on any atom is 0.295 e. The smallest absolute Gasteiger partial charge is 0.295 e. The fourth-order valence-corrected chi connectivity index (χ4v) is 5.11. The molecule has 0 aromatic heterocycles. The van der Waals surface area contributed by atoms with E-state index in [0.717, 1.165) is 28.0 Å². The van der Waals surface area contributed by atoms with E-state index in [4.69, 9.17) is 9.47 Å². The summed E-state index contributed by atoms with van der Waals surface area (Å²) in [4.78, 5) is 28.8. The first kappa shape index (κ1) is 29.9. The van der Waals surface area contributed by atoms with Gasteiger partial charge >= 0.3 is 0 Å². The average Bonchev–Trinajstić information content (AvgIpc) is 3.17. The molecule has 1 fully saturated rings. The molecule has 1 amide bonds. The first-order valence-electron chi connectivity index (χ1n) is 14.1. The zero-order chi connectivity index (χ0) is 30.1. The molecular weight excluding hydrogens is 514 g/mol. The first-order chi connectivity index (χ1) is 19.3. The van der Waals surface area contributed by atoms with Gasteiger partial charge in [0, 0.05) is 6.54 Å². The molecule has 1 heterocycles. The predicted molar refractivity (Wildman–Crippen MR) is 162 cm³/mol. The van der Waals surface area contributed by atoms with Crippen molar-refractivity contribution >= 4 is 17.4 Å². The van der Waals surface area contributed by atoms with Gasteiger partial charge in [0.2, 0.25) is 0 Å². The van der Waals surface area contributed by atoms with E-state index in [0.29, 0.717) is 17.9 Å². The normalized spacial score (nSPS) is 17.2. The minimum Gasteiger partial charge on any atom is -0.507 e. The van der Waals surface area contributed by atoms with Crippen LogP contribution in [-0.2, 0) is 27.0 Å². The molecule has 41 heavy (non-hydrogen) atoms. The van der Waals surface area contributed by atoms with Gasteiger partial charge in [-0.3, -0.25) is 9.59 Å². The Morgan fingerprint density at radius 1 is 0.854 bits per heavy atom. The third-order valence-electron chi connectivity index (χ3n) is 7.54. The number of methoxy groups -OCH3 is 1. The van der Waals surface area contributed by atoms with Crippen LogP contribution < -0.4 is 9.47 Å². The molecule has 6 nitrogen and oxygen atoms in total. The zero-order valence-electron chi connectivity index (χ0n) is 25.4. The fraction of sp³-hybridized carbons (Fsp3) is 0.371. The average molecular weight is 556 g/mol. The predicted octanol–water partition coefficient (Wildman–Crippen LogP) is 7.31. The van der Waals surface area contributed by atoms with Crippen molar-refractivity contribution in [2.24, 2.45) is 0 Å². The number of aliphatic hydroxyl groups is 1. The third kappa shape index (κ3) is 6.17. The van der Waals surface area contributed by atoms with E-state index in [1.54, 1.807) is 6.07 Å². The van der Waals surface area contributed by atoms with Crippen molar-refractivity contribution in [2.75, 3.05) is 13.7 Å². The second-order valence-corrected chi connectivity index (χ2v) is 12.5. The number of Topliss-reactive ketones (excluding diaryl/α,β-unsaturated/α-hetero) is 1. The highest BCUT2D eigenvalue weighted by Crippen LogP contribution is 2.43. The van der Waals surface area contributed by atoms with Crippen LogP contribution in [0.2, 0.25) is 0 Å². The molecule has 0 bridgehead atoms. The van der Waals surface area contributed by atoms with Crippen molar-refractivity contribution in [2.45, 2.75) is 71.9 Å². The van der Waals surface area contributed by atoms with Crippen LogP contribution in [0.3, 0.4) is 0 Å². The second kappa shape index (κ2) is 11.4. The molecule has 3 aromatic rings. The standard InChI is InChI=1S/C35H41NO5/c1-9-41-26-17-10-22(11-18-26)21-36-30(23-12-14-24(15-13-23)34(2,3)4)29(32(38)33(36)39)31(37)27-20-25(35(5,6)7)16-19-28(27)40-8/h10-20,30,37H,9,21H2,1-8H3/b31-29+. The Hall–Kier alpha value is -4.06. The Labute approximate surface area is 243 Å². The minimum atomic E-state index is -0.779. The van der Waals surface area contributed by atoms with Crippen LogP contribution in [0.4, 0.5) is 0 Å². The largest absolute Gasteiger partial charge is 0.507 e. The number of rotatable bonds is 7. The van der Waals surface area contributed by atoms with E-state index in [9.17, 15) is 14.7 Å². The van der Waals surface area contributed by atoms with Crippen molar-refractivity contribution in [1.29, 1.82) is 0 Å². The molecule has 1 N–H and O–H groups in total. The molecule has 1 aliphatic rings. The Bertz CT molecular complexity index is 1450. The fourth-order valence-electron chi connectivity index (χ4n) is 5.11. The highest BCUT2D eigenvalue weighted by atomic mass is 16.5. The van der Waals surface area contributed by atoms with Crippen molar-refractivity contribution in [3.63, 3.8) is 0 Å². The van der Waals surface area contributed by atoms with Crippen LogP contribution in [-0.4, -0.2) is 35.4 Å². The molecule has 1 aliphatic heterocycles. The maximum atomic E-state index is 13.7. The molecule has 4 rings (SSSR count). The van der Waals surface area contributed by atoms with Gasteiger partial charge in [-0.25, -0.2) is 0 Å². The highest BCUT2D eigenvalue weighted by Gasteiger charge is 2.46. The molecule has 216 valence electrons. The minimum absolute atomic E-state index is 0.0498. The summed E-state index contributed by atoms with van der Waals surface area (Å²) in [6.07, 6.45) is 0. The number of aliphatic hydroxyl groups excluding tert-OH is 1. The molecule has 0 radical (unpaired) electrons. The van der Waals surface area contributed by atoms with Gasteiger partial charge < -0.3 is 19.5 Å². The Morgan fingerprint density at radius 3 is 1.98 bits per heavy atom. The number of carbonyl (C=O) groups excluding carboxylic acids is 2. The summed E-state index contributed by atoms with van der Waals surface area (Å²) in [5, 5.41) is 11.8. The lowest BCUT2D eigenvalue weighted by Gasteiger charge is -2.27. The van der Waals surface area contributed by atoms with Crippen LogP contribution >= 0.6 is 0 Å². The summed E-state index contributed by atoms with van der Waals surface area (Å²) in [7, 11) is 1.52. The monoisotopic (exact) mass is 555 g/mol. The topological polar surface area (TPSA) is 76.1 Å². The van der Waals surface area contributed by atoms with Gasteiger partial charge in [-0.1, -0.05) is 84.0 Å². The Kier molecular flexibility index (Phi) is 8.34. The summed E-state index contributed by atoms with van der Waals surface area (Å²) in [6, 6.07) is 20.2. The number of likely N-dealkylation sites (tertiary alicyclic amines) is 1. The number of amides is 1. The van der Waals surface area contributed by atoms with Crippen molar-refractivity contribution in [1.82, 2.24) is 4.90 Å². The number of nitrogens with zero attached hydrogens (tertiary/aromatic N) is 1. The summed E-state index contributed by atoms with van der Waals surface area (Å²) < 4.78 is 11.2. The lowest BCUT2D eigenvalue weighted by molar-refractivity contribution is -0.140. The van der Waals surface area contributed by atoms with E-state index >= 15 is 0 Å². The first-order valence-corrected chi connectivity index (χ1v) is 14.1. The maximum absolute atomic E-state index is 13.7. The van der Waals surface area contributed by atoms with E-state index in [2.05, 4.69) is 41.5 Å². The molecular formula is C35H41NO5. The van der Waals surface area contributed by atoms with Crippen LogP contribution in [0.5, 0.6) is 11.5 Å². The Morgan fingerprint density at radius 2 is 1.44 bits per heavy atom. The van der Waals surface area contributed by atoms with Crippen molar-refractivity contribution < 1.29 is 24.2 Å². The lowest BCUT2D eigenvalue weighted by atomic mass is 9.84. The number of hydrogen-bond donors (Lipinski definition) is 1. The van der Waals surface area contributed by atoms with Gasteiger partial charge in [0.1, 0.15) is 17.3 Å². The molecule has 6 heteroatoms. The summed E-state index contributed by atoms with van der Waals surface area (Å²) in [5.41, 5.74) is 3.85. The van der Waals surface area contributed by atoms with Gasteiger partial charge in [0.25, 0.3) is 11.7 Å². The number of ketones is 1. The summed E-state index contributed by atoms with van der Waals surface area (Å²) >= 11 is 0. The second-order valence-electron chi connectivity index (χ2n) is 12.5. The molecule has 1 unspecified atom stereocenters. The molecule has 1 atom stereocenters. The zero-order valence-corrected chi connectivity index (χ0v) is 25.4. The molecule has 0 saturated carbocycles. The van der Waals surface area contributed by atoms with Crippen LogP contribution in [0.1, 0.15) is 82.3 Å². The van der Waals surface area contributed by atoms with Gasteiger partial charge in [-0.05, 0) is 64.3 Å². The number of ether oxygens (including phenoxy) is 2. The van der Waals surface area contributed by atoms with Crippen LogP contribution in [0.25, 0.3) is 5.76 Å². The van der Waals surface area contributed by atoms with Crippen molar-refractivity contribution in [3.05, 3.63) is 100 Å². The number of benzene rings is 3. The molecule has 0 spiro atoms. The lowest BCUT2D eigenvalue weighted by Crippen LogP contribution is -2.29. The van der Waals surface area contributed by atoms with E-state index in [1.807, 2.05) is 67.6 Å². The molecule has 3 aromatic carbocycles. The summed E-state index contributed by atoms with van der Waals surface area (Å²) in [6.45, 7) is 15.3. The molecule has 1 saturated heterocycles. The quantitative estimate of drug-likeness (QED) is 0.188. The molecule has 0 aliphatic carbocycles. The van der Waals surface area contributed by atoms with Gasteiger partial charge in [-0.15, -0.1) is 0 Å². The van der Waals surface area contributed by atoms with Gasteiger partial charge in [0.15, 0.2) is 0 Å². The van der Waals surface area contributed by atoms with Crippen LogP contribution in [0, 0.1) is 0 Å². The van der Waals surface area contributed by atoms with Gasteiger partial charge in [-0.2, -0.15) is 0 Å². The number of carbonyl (C=O) groups is 2. The Balaban J connectivity index is 1.89. The highest BCUT2D eigenvalue weighted by molar-refractivity contribution is 6.46. The number of hydrogen-bond acceptors (Lipinski definition) is 5. The summed E-state index contributed by atoms with van der Waals surface area (Å²) in [5.74, 6) is -0.461. The van der Waals surface area contributed by atoms with Crippen LogP contribution in [0.15, 0.2) is 72.3 Å². The van der Waals surface area contributed by atoms with E-state index < -0.39 is 17.7 Å². The van der Waals surface area contributed by atoms with Gasteiger partial charge in [0.05, 0.1) is 30.9 Å². The SMILES string of the molecule is CCOc1ccc(CN2C(=O)C(=O)/C(=C(/O)c3cc(C(C)(C)C)ccc3OC)C2c2ccc(C(C)(C)C)cc2)cc1. The van der Waals surface area contributed by atoms with Crippen molar-refractivity contribution in [3.8, 4) is 11.5 Å².